The molecule has 7 rings (SSSR count). The second-order valence-electron chi connectivity index (χ2n) is 18.1. The zero-order chi connectivity index (χ0) is 39.4. The van der Waals surface area contributed by atoms with Crippen LogP contribution in [0.15, 0.2) is 109 Å². The Morgan fingerprint density at radius 1 is 0.636 bits per heavy atom. The number of rotatable bonds is 6. The van der Waals surface area contributed by atoms with Crippen LogP contribution in [0.4, 0.5) is 0 Å². The standard InChI is InChI=1S/C49H52N4O2/c1-30(2)44-51-42-38(48(6,7)8)28-39(49(9,10)11)43(54)41(42)45-52-46(37(29-53(44)45)32-20-16-13-17-21-32)55-36-25-34(24-35(27-36)47(3,4)5)40-26-33(22-23-50-40)31-18-14-12-15-19-31/h12-30H,1-11H3/p+1. The van der Waals surface area contributed by atoms with E-state index >= 15 is 0 Å². The monoisotopic (exact) mass is 729 g/mol. The average molecular weight is 730 g/mol. The van der Waals surface area contributed by atoms with Gasteiger partial charge >= 0.3 is 5.88 Å². The van der Waals surface area contributed by atoms with Crippen molar-refractivity contribution in [3.63, 3.8) is 0 Å². The van der Waals surface area contributed by atoms with Gasteiger partial charge in [-0.25, -0.2) is 4.40 Å². The normalized spacial score (nSPS) is 12.5. The van der Waals surface area contributed by atoms with Gasteiger partial charge in [0, 0.05) is 28.8 Å². The number of aromatic nitrogens is 4. The van der Waals surface area contributed by atoms with Gasteiger partial charge in [0.2, 0.25) is 5.82 Å². The molecule has 0 aliphatic carbocycles. The van der Waals surface area contributed by atoms with E-state index in [4.69, 9.17) is 19.7 Å². The van der Waals surface area contributed by atoms with E-state index in [1.54, 1.807) is 0 Å². The number of nitrogens with zero attached hydrogens (tertiary/aromatic N) is 4. The molecule has 0 saturated heterocycles. The Kier molecular flexibility index (Phi) is 9.53. The number of hydrogen-bond acceptors (Lipinski definition) is 5. The largest absolute Gasteiger partial charge is 0.507 e. The summed E-state index contributed by atoms with van der Waals surface area (Å²) in [5.74, 6) is 2.21. The minimum Gasteiger partial charge on any atom is -0.507 e. The summed E-state index contributed by atoms with van der Waals surface area (Å²) in [7, 11) is 0. The Bertz CT molecular complexity index is 2540. The molecule has 0 unspecified atom stereocenters. The first-order valence-corrected chi connectivity index (χ1v) is 19.3. The number of phenols is 1. The van der Waals surface area contributed by atoms with Crippen LogP contribution in [-0.4, -0.2) is 20.1 Å². The molecule has 4 aromatic carbocycles. The number of phenolic OH excluding ortho intramolecular Hbond substituents is 1. The summed E-state index contributed by atoms with van der Waals surface area (Å²) >= 11 is 0. The third-order valence-electron chi connectivity index (χ3n) is 10.3. The molecule has 1 N–H and O–H groups in total. The first kappa shape index (κ1) is 37.7. The maximum absolute atomic E-state index is 12.2. The first-order valence-electron chi connectivity index (χ1n) is 19.3. The molecule has 0 aliphatic rings. The van der Waals surface area contributed by atoms with Crippen molar-refractivity contribution in [1.29, 1.82) is 0 Å². The highest BCUT2D eigenvalue weighted by molar-refractivity contribution is 5.98. The van der Waals surface area contributed by atoms with Crippen molar-refractivity contribution in [2.75, 3.05) is 0 Å². The Hall–Kier alpha value is -5.62. The van der Waals surface area contributed by atoms with Crippen LogP contribution in [0.1, 0.15) is 105 Å². The molecule has 3 aromatic heterocycles. The molecule has 0 amide bonds. The molecule has 280 valence electrons. The van der Waals surface area contributed by atoms with Gasteiger partial charge in [-0.15, -0.1) is 4.98 Å². The molecule has 6 nitrogen and oxygen atoms in total. The van der Waals surface area contributed by atoms with Crippen molar-refractivity contribution in [2.24, 2.45) is 0 Å². The fourth-order valence-corrected chi connectivity index (χ4v) is 7.16. The molecular formula is C49H53N4O2+. The lowest BCUT2D eigenvalue weighted by Gasteiger charge is -2.27. The molecule has 3 heterocycles. The van der Waals surface area contributed by atoms with E-state index in [2.05, 4.69) is 153 Å². The summed E-state index contributed by atoms with van der Waals surface area (Å²) < 4.78 is 9.07. The van der Waals surface area contributed by atoms with E-state index in [1.165, 1.54) is 0 Å². The van der Waals surface area contributed by atoms with Gasteiger partial charge in [-0.3, -0.25) is 4.98 Å². The van der Waals surface area contributed by atoms with Crippen molar-refractivity contribution in [3.05, 3.63) is 132 Å². The predicted molar refractivity (Wildman–Crippen MR) is 225 cm³/mol. The van der Waals surface area contributed by atoms with Gasteiger partial charge < -0.3 is 9.84 Å². The summed E-state index contributed by atoms with van der Waals surface area (Å²) in [4.78, 5) is 15.6. The molecule has 0 spiro atoms. The molecule has 0 bridgehead atoms. The second-order valence-corrected chi connectivity index (χ2v) is 18.1. The van der Waals surface area contributed by atoms with E-state index in [0.717, 1.165) is 61.5 Å². The minimum absolute atomic E-state index is 0.0662. The highest BCUT2D eigenvalue weighted by atomic mass is 16.5. The zero-order valence-electron chi connectivity index (χ0n) is 34.1. The number of benzene rings is 4. The number of aromatic hydroxyl groups is 1. The molecule has 0 fully saturated rings. The lowest BCUT2D eigenvalue weighted by Crippen LogP contribution is -2.33. The molecule has 0 saturated carbocycles. The van der Waals surface area contributed by atoms with Crippen LogP contribution in [0.3, 0.4) is 0 Å². The molecule has 0 aliphatic heterocycles. The third-order valence-corrected chi connectivity index (χ3v) is 10.3. The van der Waals surface area contributed by atoms with Crippen LogP contribution >= 0.6 is 0 Å². The number of fused-ring (bicyclic) bond motifs is 3. The van der Waals surface area contributed by atoms with Gasteiger partial charge in [0.15, 0.2) is 5.52 Å². The summed E-state index contributed by atoms with van der Waals surface area (Å²) in [6, 6.07) is 33.3. The topological polar surface area (TPSA) is 72.2 Å². The lowest BCUT2D eigenvalue weighted by molar-refractivity contribution is -0.528. The quantitative estimate of drug-likeness (QED) is 0.136. The zero-order valence-corrected chi connectivity index (χ0v) is 34.1. The van der Waals surface area contributed by atoms with Gasteiger partial charge in [-0.2, -0.15) is 0 Å². The minimum atomic E-state index is -0.328. The average Bonchev–Trinajstić information content (AvgIpc) is 3.13. The van der Waals surface area contributed by atoms with Crippen molar-refractivity contribution in [1.82, 2.24) is 15.0 Å². The molecular weight excluding hydrogens is 677 g/mol. The van der Waals surface area contributed by atoms with Gasteiger partial charge in [-0.05, 0) is 74.9 Å². The van der Waals surface area contributed by atoms with E-state index in [-0.39, 0.29) is 27.9 Å². The molecule has 7 aromatic rings. The van der Waals surface area contributed by atoms with Gasteiger partial charge in [-0.1, -0.05) is 142 Å². The summed E-state index contributed by atoms with van der Waals surface area (Å²) in [5, 5.41) is 12.8. The summed E-state index contributed by atoms with van der Waals surface area (Å²) in [5.41, 5.74) is 9.46. The van der Waals surface area contributed by atoms with Crippen LogP contribution in [0.2, 0.25) is 0 Å². The second kappa shape index (κ2) is 13.9. The number of hydrogen-bond donors (Lipinski definition) is 1. The first-order chi connectivity index (χ1) is 25.9. The van der Waals surface area contributed by atoms with E-state index in [0.29, 0.717) is 22.7 Å². The number of pyridine rings is 1. The molecule has 6 heteroatoms. The SMILES string of the molecule is CC(C)c1nc2c(C(C)(C)C)cc(C(C)(C)C)c(O)c2c2nc(Oc3cc(-c4cc(-c5ccccc5)ccn4)cc(C(C)(C)C)c3)c(-c3ccccc3)c[n+]12. The third kappa shape index (κ3) is 7.43. The van der Waals surface area contributed by atoms with Crippen molar-refractivity contribution < 1.29 is 14.2 Å². The fraction of sp³-hybridized carbons (Fsp3) is 0.306. The summed E-state index contributed by atoms with van der Waals surface area (Å²) in [6.07, 6.45) is 3.95. The molecule has 55 heavy (non-hydrogen) atoms. The summed E-state index contributed by atoms with van der Waals surface area (Å²) in [6.45, 7) is 23.9. The predicted octanol–water partition coefficient (Wildman–Crippen LogP) is 12.3. The Labute approximate surface area is 326 Å². The Morgan fingerprint density at radius 2 is 1.27 bits per heavy atom. The smallest absolute Gasteiger partial charge is 0.306 e. The van der Waals surface area contributed by atoms with Gasteiger partial charge in [0.1, 0.15) is 16.9 Å². The maximum Gasteiger partial charge on any atom is 0.306 e. The highest BCUT2D eigenvalue weighted by Crippen LogP contribution is 2.44. The van der Waals surface area contributed by atoms with E-state index in [1.807, 2.05) is 36.5 Å². The van der Waals surface area contributed by atoms with E-state index in [9.17, 15) is 5.11 Å². The Balaban J connectivity index is 1.53. The van der Waals surface area contributed by atoms with Crippen molar-refractivity contribution >= 4 is 16.6 Å². The van der Waals surface area contributed by atoms with Crippen LogP contribution < -0.4 is 9.14 Å². The fourth-order valence-electron chi connectivity index (χ4n) is 7.16. The van der Waals surface area contributed by atoms with Crippen molar-refractivity contribution in [2.45, 2.75) is 98.3 Å². The maximum atomic E-state index is 12.2. The van der Waals surface area contributed by atoms with Crippen LogP contribution in [0.5, 0.6) is 17.4 Å². The lowest BCUT2D eigenvalue weighted by atomic mass is 9.78. The number of ether oxygens (including phenoxy) is 1. The van der Waals surface area contributed by atoms with E-state index < -0.39 is 0 Å². The van der Waals surface area contributed by atoms with Crippen molar-refractivity contribution in [3.8, 4) is 50.9 Å². The van der Waals surface area contributed by atoms with Crippen LogP contribution in [-0.2, 0) is 16.2 Å². The molecule has 0 atom stereocenters. The highest BCUT2D eigenvalue weighted by Gasteiger charge is 2.34. The Morgan fingerprint density at radius 3 is 1.87 bits per heavy atom. The van der Waals surface area contributed by atoms with Crippen LogP contribution in [0.25, 0.3) is 50.1 Å². The van der Waals surface area contributed by atoms with Gasteiger partial charge in [0.25, 0.3) is 5.65 Å². The molecule has 0 radical (unpaired) electrons. The van der Waals surface area contributed by atoms with Crippen LogP contribution in [0, 0.1) is 0 Å². The van der Waals surface area contributed by atoms with Gasteiger partial charge in [0.05, 0.1) is 17.5 Å².